The number of esters is 6. The topological polar surface area (TPSA) is 195 Å². The summed E-state index contributed by atoms with van der Waals surface area (Å²) < 4.78 is 55.3. The SMILES string of the molecule is CO[C@@H]1O[C@H](COC(C)=O)[C@@H](O[C@H]2O[C@H](C)[C@@H](OC(C)=O)[C@H](OC(C)=O)[C@H]2OC(C)=O)[C@H](OC(C)=O)[C@H]1OC(C)=O. The van der Waals surface area contributed by atoms with Crippen LogP contribution in [0.5, 0.6) is 0 Å². The van der Waals surface area contributed by atoms with E-state index in [1.807, 2.05) is 0 Å². The normalized spacial score (nSPS) is 33.1. The summed E-state index contributed by atoms with van der Waals surface area (Å²) in [6.07, 6.45) is -13.4. The molecule has 2 rings (SSSR count). The fourth-order valence-corrected chi connectivity index (χ4v) is 4.44. The molecule has 0 unspecified atom stereocenters. The minimum Gasteiger partial charge on any atom is -0.463 e. The van der Waals surface area contributed by atoms with Crippen molar-refractivity contribution in [2.45, 2.75) is 110 Å². The highest BCUT2D eigenvalue weighted by atomic mass is 16.8. The number of hydrogen-bond acceptors (Lipinski definition) is 16. The maximum Gasteiger partial charge on any atom is 0.303 e. The third-order valence-electron chi connectivity index (χ3n) is 5.80. The van der Waals surface area contributed by atoms with Gasteiger partial charge in [0.2, 0.25) is 0 Å². The first kappa shape index (κ1) is 33.9. The third-order valence-corrected chi connectivity index (χ3v) is 5.80. The quantitative estimate of drug-likeness (QED) is 0.237. The second kappa shape index (κ2) is 15.0. The lowest BCUT2D eigenvalue weighted by molar-refractivity contribution is -0.356. The summed E-state index contributed by atoms with van der Waals surface area (Å²) in [4.78, 5) is 71.6. The van der Waals surface area contributed by atoms with E-state index in [-0.39, 0.29) is 0 Å². The fourth-order valence-electron chi connectivity index (χ4n) is 4.44. The Morgan fingerprint density at radius 1 is 0.537 bits per heavy atom. The number of methoxy groups -OCH3 is 1. The van der Waals surface area contributed by atoms with Crippen LogP contribution in [0.4, 0.5) is 0 Å². The molecule has 0 aliphatic carbocycles. The molecule has 0 aromatic carbocycles. The molecule has 232 valence electrons. The van der Waals surface area contributed by atoms with Crippen molar-refractivity contribution in [2.75, 3.05) is 13.7 Å². The molecule has 16 heteroatoms. The van der Waals surface area contributed by atoms with Gasteiger partial charge in [-0.05, 0) is 6.92 Å². The minimum atomic E-state index is -1.56. The molecule has 2 saturated heterocycles. The summed E-state index contributed by atoms with van der Waals surface area (Å²) in [5, 5.41) is 0. The largest absolute Gasteiger partial charge is 0.463 e. The maximum atomic E-state index is 12.1. The zero-order valence-corrected chi connectivity index (χ0v) is 24.0. The lowest BCUT2D eigenvalue weighted by Gasteiger charge is -2.48. The molecule has 2 fully saturated rings. The van der Waals surface area contributed by atoms with Crippen molar-refractivity contribution in [2.24, 2.45) is 0 Å². The zero-order chi connectivity index (χ0) is 31.0. The molecule has 0 radical (unpaired) electrons. The van der Waals surface area contributed by atoms with Gasteiger partial charge in [-0.25, -0.2) is 0 Å². The Balaban J connectivity index is 2.59. The van der Waals surface area contributed by atoms with E-state index in [0.717, 1.165) is 41.5 Å². The van der Waals surface area contributed by atoms with Crippen molar-refractivity contribution in [3.05, 3.63) is 0 Å². The maximum absolute atomic E-state index is 12.1. The van der Waals surface area contributed by atoms with Crippen LogP contribution in [0.3, 0.4) is 0 Å². The molecule has 0 amide bonds. The van der Waals surface area contributed by atoms with Crippen molar-refractivity contribution in [1.29, 1.82) is 0 Å². The summed E-state index contributed by atoms with van der Waals surface area (Å²) in [7, 11) is 1.25. The molecule has 2 heterocycles. The number of carbonyl (C=O) groups is 6. The number of hydrogen-bond donors (Lipinski definition) is 0. The number of rotatable bonds is 10. The fraction of sp³-hybridized carbons (Fsp3) is 0.760. The monoisotopic (exact) mass is 592 g/mol. The van der Waals surface area contributed by atoms with Crippen LogP contribution in [-0.4, -0.2) is 111 Å². The molecule has 41 heavy (non-hydrogen) atoms. The first-order valence-corrected chi connectivity index (χ1v) is 12.6. The van der Waals surface area contributed by atoms with Crippen LogP contribution in [0.15, 0.2) is 0 Å². The molecule has 16 nitrogen and oxygen atoms in total. The lowest BCUT2D eigenvalue weighted by Crippen LogP contribution is -2.66. The second-order valence-electron chi connectivity index (χ2n) is 9.26. The smallest absolute Gasteiger partial charge is 0.303 e. The molecule has 0 spiro atoms. The van der Waals surface area contributed by atoms with Gasteiger partial charge < -0.3 is 47.4 Å². The first-order chi connectivity index (χ1) is 19.1. The van der Waals surface area contributed by atoms with Crippen LogP contribution in [0.1, 0.15) is 48.5 Å². The standard InChI is InChI=1S/C25H36O16/c1-10-18(35-12(3)27)20(36-13(4)28)23(39-16(7)31)25(34-10)41-19-17(9-33-11(2)26)40-24(32-8)22(38-15(6)30)21(19)37-14(5)29/h10,17-25H,9H2,1-8H3/t10-,17-,18-,19-,20+,21+,22-,23-,24-,25-/m1/s1. The van der Waals surface area contributed by atoms with E-state index in [0.29, 0.717) is 0 Å². The Kier molecular flexibility index (Phi) is 12.4. The van der Waals surface area contributed by atoms with Crippen LogP contribution >= 0.6 is 0 Å². The predicted octanol–water partition coefficient (Wildman–Crippen LogP) is -0.291. The zero-order valence-electron chi connectivity index (χ0n) is 24.0. The van der Waals surface area contributed by atoms with Gasteiger partial charge in [-0.3, -0.25) is 28.8 Å². The van der Waals surface area contributed by atoms with Crippen LogP contribution in [0.25, 0.3) is 0 Å². The van der Waals surface area contributed by atoms with Crippen molar-refractivity contribution >= 4 is 35.8 Å². The average molecular weight is 593 g/mol. The van der Waals surface area contributed by atoms with E-state index in [1.165, 1.54) is 14.0 Å². The van der Waals surface area contributed by atoms with Gasteiger partial charge in [0.25, 0.3) is 0 Å². The molecule has 2 aliphatic rings. The van der Waals surface area contributed by atoms with Gasteiger partial charge >= 0.3 is 35.8 Å². The Morgan fingerprint density at radius 3 is 1.39 bits per heavy atom. The summed E-state index contributed by atoms with van der Waals surface area (Å²) >= 11 is 0. The van der Waals surface area contributed by atoms with Gasteiger partial charge in [0, 0.05) is 48.7 Å². The van der Waals surface area contributed by atoms with Crippen molar-refractivity contribution < 1.29 is 76.1 Å². The highest BCUT2D eigenvalue weighted by Gasteiger charge is 2.56. The van der Waals surface area contributed by atoms with Crippen LogP contribution in [0, 0.1) is 0 Å². The van der Waals surface area contributed by atoms with E-state index >= 15 is 0 Å². The Morgan fingerprint density at radius 2 is 0.951 bits per heavy atom. The van der Waals surface area contributed by atoms with Crippen LogP contribution < -0.4 is 0 Å². The Hall–Kier alpha value is -3.34. The van der Waals surface area contributed by atoms with Crippen molar-refractivity contribution in [3.63, 3.8) is 0 Å². The lowest BCUT2D eigenvalue weighted by atomic mass is 9.96. The molecule has 0 bridgehead atoms. The second-order valence-corrected chi connectivity index (χ2v) is 9.26. The predicted molar refractivity (Wildman–Crippen MR) is 129 cm³/mol. The Labute approximate surface area is 236 Å². The molecule has 10 atom stereocenters. The molecule has 2 aliphatic heterocycles. The summed E-state index contributed by atoms with van der Waals surface area (Å²) in [5.74, 6) is -4.59. The van der Waals surface area contributed by atoms with Gasteiger partial charge in [-0.15, -0.1) is 0 Å². The van der Waals surface area contributed by atoms with E-state index in [9.17, 15) is 28.8 Å². The van der Waals surface area contributed by atoms with Crippen LogP contribution in [0.2, 0.25) is 0 Å². The summed E-state index contributed by atoms with van der Waals surface area (Å²) in [6.45, 7) is 7.72. The molecule has 0 N–H and O–H groups in total. The van der Waals surface area contributed by atoms with E-state index in [4.69, 9.17) is 47.4 Å². The van der Waals surface area contributed by atoms with Crippen molar-refractivity contribution in [3.8, 4) is 0 Å². The van der Waals surface area contributed by atoms with Gasteiger partial charge in [-0.1, -0.05) is 0 Å². The summed E-state index contributed by atoms with van der Waals surface area (Å²) in [6, 6.07) is 0. The summed E-state index contributed by atoms with van der Waals surface area (Å²) in [5.41, 5.74) is 0. The Bertz CT molecular complexity index is 981. The molecular weight excluding hydrogens is 556 g/mol. The first-order valence-electron chi connectivity index (χ1n) is 12.6. The highest BCUT2D eigenvalue weighted by Crippen LogP contribution is 2.35. The van der Waals surface area contributed by atoms with Gasteiger partial charge in [0.15, 0.2) is 43.1 Å². The number of carbonyl (C=O) groups excluding carboxylic acids is 6. The highest BCUT2D eigenvalue weighted by molar-refractivity contribution is 5.69. The molecule has 0 saturated carbocycles. The minimum absolute atomic E-state index is 0.436. The molecule has 0 aromatic heterocycles. The van der Waals surface area contributed by atoms with Crippen LogP contribution in [-0.2, 0) is 76.1 Å². The molecule has 0 aromatic rings. The van der Waals surface area contributed by atoms with E-state index < -0.39 is 104 Å². The van der Waals surface area contributed by atoms with Gasteiger partial charge in [0.1, 0.15) is 18.8 Å². The van der Waals surface area contributed by atoms with E-state index in [2.05, 4.69) is 0 Å². The molecular formula is C25H36O16. The number of ether oxygens (including phenoxy) is 10. The average Bonchev–Trinajstić information content (AvgIpc) is 2.83. The van der Waals surface area contributed by atoms with Crippen molar-refractivity contribution in [1.82, 2.24) is 0 Å². The van der Waals surface area contributed by atoms with Gasteiger partial charge in [0.05, 0.1) is 6.10 Å². The third kappa shape index (κ3) is 9.62. The van der Waals surface area contributed by atoms with E-state index in [1.54, 1.807) is 0 Å². The van der Waals surface area contributed by atoms with Gasteiger partial charge in [-0.2, -0.15) is 0 Å².